The average molecular weight is 413 g/mol. The Morgan fingerprint density at radius 1 is 1.00 bits per heavy atom. The van der Waals surface area contributed by atoms with E-state index >= 15 is 0 Å². The molecule has 0 radical (unpaired) electrons. The van der Waals surface area contributed by atoms with E-state index in [2.05, 4.69) is 5.32 Å². The van der Waals surface area contributed by atoms with Gasteiger partial charge in [0, 0.05) is 21.8 Å². The number of carbonyl (C=O) groups excluding carboxylic acids is 1. The minimum atomic E-state index is -3.85. The largest absolute Gasteiger partial charge is 0.324 e. The predicted octanol–water partition coefficient (Wildman–Crippen LogP) is 4.46. The van der Waals surface area contributed by atoms with E-state index in [-0.39, 0.29) is 11.4 Å². The summed E-state index contributed by atoms with van der Waals surface area (Å²) in [4.78, 5) is 12.9. The molecule has 1 amide bonds. The molecule has 0 spiro atoms. The maximum atomic E-state index is 13.2. The molecule has 28 heavy (non-hydrogen) atoms. The quantitative estimate of drug-likeness (QED) is 0.690. The van der Waals surface area contributed by atoms with Crippen LogP contribution in [0.4, 0.5) is 11.4 Å². The number of rotatable bonds is 3. The molecular weight excluding hydrogens is 396 g/mol. The van der Waals surface area contributed by atoms with Gasteiger partial charge in [0.25, 0.3) is 10.0 Å². The first-order valence-corrected chi connectivity index (χ1v) is 10.5. The summed E-state index contributed by atoms with van der Waals surface area (Å²) in [5, 5.41) is 3.34. The SMILES string of the molecule is Cc1cc(Cl)ccc1NC(=O)CN1c2ccccc2-c2ccccc2S1(=O)=O. The Kier molecular flexibility index (Phi) is 4.61. The number of hydrogen-bond donors (Lipinski definition) is 1. The molecule has 1 heterocycles. The number of nitrogens with one attached hydrogen (secondary N) is 1. The van der Waals surface area contributed by atoms with E-state index in [1.165, 1.54) is 0 Å². The number of aryl methyl sites for hydroxylation is 1. The third-order valence-corrected chi connectivity index (χ3v) is 6.72. The Hall–Kier alpha value is -2.83. The molecule has 0 unspecified atom stereocenters. The Balaban J connectivity index is 1.70. The smallest absolute Gasteiger partial charge is 0.265 e. The van der Waals surface area contributed by atoms with E-state index in [4.69, 9.17) is 11.6 Å². The zero-order valence-corrected chi connectivity index (χ0v) is 16.6. The number of sulfonamides is 1. The van der Waals surface area contributed by atoms with Crippen molar-refractivity contribution in [3.8, 4) is 11.1 Å². The fraction of sp³-hybridized carbons (Fsp3) is 0.0952. The lowest BCUT2D eigenvalue weighted by Gasteiger charge is -2.31. The summed E-state index contributed by atoms with van der Waals surface area (Å²) in [6.45, 7) is 1.50. The molecule has 1 N–H and O–H groups in total. The van der Waals surface area contributed by atoms with Gasteiger partial charge in [-0.05, 0) is 42.8 Å². The molecule has 7 heteroatoms. The van der Waals surface area contributed by atoms with Crippen LogP contribution in [0.1, 0.15) is 5.56 Å². The molecule has 1 aliphatic rings. The number of amides is 1. The van der Waals surface area contributed by atoms with Gasteiger partial charge in [0.1, 0.15) is 6.54 Å². The minimum absolute atomic E-state index is 0.198. The molecule has 0 aliphatic carbocycles. The van der Waals surface area contributed by atoms with Crippen LogP contribution < -0.4 is 9.62 Å². The van der Waals surface area contributed by atoms with Crippen LogP contribution >= 0.6 is 11.6 Å². The molecule has 142 valence electrons. The van der Waals surface area contributed by atoms with E-state index in [0.29, 0.717) is 22.0 Å². The van der Waals surface area contributed by atoms with E-state index in [9.17, 15) is 13.2 Å². The zero-order valence-electron chi connectivity index (χ0n) is 15.0. The summed E-state index contributed by atoms with van der Waals surface area (Å²) in [6.07, 6.45) is 0. The minimum Gasteiger partial charge on any atom is -0.324 e. The van der Waals surface area contributed by atoms with Gasteiger partial charge < -0.3 is 5.32 Å². The molecule has 3 aromatic rings. The van der Waals surface area contributed by atoms with Gasteiger partial charge in [-0.3, -0.25) is 9.10 Å². The van der Waals surface area contributed by atoms with Crippen LogP contribution in [0.5, 0.6) is 0 Å². The summed E-state index contributed by atoms with van der Waals surface area (Å²) in [7, 11) is -3.85. The number of benzene rings is 3. The molecule has 0 saturated carbocycles. The Bertz CT molecular complexity index is 1190. The molecule has 0 saturated heterocycles. The Labute approximate surface area is 168 Å². The second-order valence-electron chi connectivity index (χ2n) is 6.53. The van der Waals surface area contributed by atoms with Gasteiger partial charge in [-0.2, -0.15) is 0 Å². The standard InChI is InChI=1S/C21H17ClN2O3S/c1-14-12-15(22)10-11-18(14)23-21(25)13-24-19-8-4-2-6-16(19)17-7-3-5-9-20(17)28(24,26)27/h2-12H,13H2,1H3,(H,23,25). The van der Waals surface area contributed by atoms with Crippen LogP contribution in [0.2, 0.25) is 5.02 Å². The van der Waals surface area contributed by atoms with Crippen molar-refractivity contribution < 1.29 is 13.2 Å². The number of halogens is 1. The highest BCUT2D eigenvalue weighted by atomic mass is 35.5. The molecule has 4 rings (SSSR count). The number of hydrogen-bond acceptors (Lipinski definition) is 3. The van der Waals surface area contributed by atoms with Crippen molar-refractivity contribution in [3.05, 3.63) is 77.3 Å². The lowest BCUT2D eigenvalue weighted by atomic mass is 10.0. The van der Waals surface area contributed by atoms with Gasteiger partial charge in [-0.1, -0.05) is 48.0 Å². The number of nitrogens with zero attached hydrogens (tertiary/aromatic N) is 1. The van der Waals surface area contributed by atoms with Crippen LogP contribution in [0.3, 0.4) is 0 Å². The van der Waals surface area contributed by atoms with Gasteiger partial charge in [0.2, 0.25) is 5.91 Å². The van der Waals surface area contributed by atoms with Gasteiger partial charge >= 0.3 is 0 Å². The van der Waals surface area contributed by atoms with Crippen molar-refractivity contribution in [1.29, 1.82) is 0 Å². The van der Waals surface area contributed by atoms with E-state index in [0.717, 1.165) is 15.4 Å². The van der Waals surface area contributed by atoms with Crippen molar-refractivity contribution in [1.82, 2.24) is 0 Å². The number of carbonyl (C=O) groups is 1. The fourth-order valence-corrected chi connectivity index (χ4v) is 5.21. The van der Waals surface area contributed by atoms with Crippen LogP contribution in [0.15, 0.2) is 71.6 Å². The highest BCUT2D eigenvalue weighted by molar-refractivity contribution is 7.93. The molecule has 0 bridgehead atoms. The summed E-state index contributed by atoms with van der Waals surface area (Å²) in [6, 6.07) is 19.1. The topological polar surface area (TPSA) is 66.5 Å². The van der Waals surface area contributed by atoms with Crippen molar-refractivity contribution in [3.63, 3.8) is 0 Å². The van der Waals surface area contributed by atoms with E-state index in [1.54, 1.807) is 54.6 Å². The molecular formula is C21H17ClN2O3S. The van der Waals surface area contributed by atoms with Crippen molar-refractivity contribution in [2.75, 3.05) is 16.2 Å². The lowest BCUT2D eigenvalue weighted by molar-refractivity contribution is -0.114. The third kappa shape index (κ3) is 3.15. The highest BCUT2D eigenvalue weighted by Crippen LogP contribution is 2.42. The number of para-hydroxylation sites is 1. The predicted molar refractivity (Wildman–Crippen MR) is 111 cm³/mol. The average Bonchev–Trinajstić information content (AvgIpc) is 2.67. The normalized spacial score (nSPS) is 14.1. The molecule has 0 fully saturated rings. The van der Waals surface area contributed by atoms with Crippen LogP contribution in [-0.2, 0) is 14.8 Å². The fourth-order valence-electron chi connectivity index (χ4n) is 3.34. The molecule has 5 nitrogen and oxygen atoms in total. The molecule has 1 aliphatic heterocycles. The third-order valence-electron chi connectivity index (χ3n) is 4.67. The monoisotopic (exact) mass is 412 g/mol. The van der Waals surface area contributed by atoms with Crippen molar-refractivity contribution in [2.45, 2.75) is 11.8 Å². The lowest BCUT2D eigenvalue weighted by Crippen LogP contribution is -2.40. The van der Waals surface area contributed by atoms with E-state index in [1.807, 2.05) is 19.1 Å². The molecule has 0 atom stereocenters. The van der Waals surface area contributed by atoms with Crippen molar-refractivity contribution >= 4 is 38.9 Å². The van der Waals surface area contributed by atoms with Gasteiger partial charge in [0.15, 0.2) is 0 Å². The first-order chi connectivity index (χ1) is 13.4. The van der Waals surface area contributed by atoms with Crippen LogP contribution in [0, 0.1) is 6.92 Å². The van der Waals surface area contributed by atoms with Gasteiger partial charge in [-0.15, -0.1) is 0 Å². The summed E-state index contributed by atoms with van der Waals surface area (Å²) < 4.78 is 27.5. The Morgan fingerprint density at radius 2 is 1.68 bits per heavy atom. The summed E-state index contributed by atoms with van der Waals surface area (Å²) >= 11 is 5.95. The van der Waals surface area contributed by atoms with Crippen LogP contribution in [-0.4, -0.2) is 20.9 Å². The van der Waals surface area contributed by atoms with Crippen LogP contribution in [0.25, 0.3) is 11.1 Å². The molecule has 0 aromatic heterocycles. The van der Waals surface area contributed by atoms with E-state index < -0.39 is 15.9 Å². The maximum Gasteiger partial charge on any atom is 0.265 e. The van der Waals surface area contributed by atoms with Gasteiger partial charge in [-0.25, -0.2) is 8.42 Å². The van der Waals surface area contributed by atoms with Gasteiger partial charge in [0.05, 0.1) is 10.6 Å². The Morgan fingerprint density at radius 3 is 2.43 bits per heavy atom. The summed E-state index contributed by atoms with van der Waals surface area (Å²) in [5.41, 5.74) is 3.31. The second kappa shape index (κ2) is 6.96. The molecule has 3 aromatic carbocycles. The number of fused-ring (bicyclic) bond motifs is 3. The number of anilines is 2. The highest BCUT2D eigenvalue weighted by Gasteiger charge is 2.35. The summed E-state index contributed by atoms with van der Waals surface area (Å²) in [5.74, 6) is -0.428. The van der Waals surface area contributed by atoms with Crippen molar-refractivity contribution in [2.24, 2.45) is 0 Å². The first kappa shape index (κ1) is 18.5. The maximum absolute atomic E-state index is 13.2. The first-order valence-electron chi connectivity index (χ1n) is 8.65. The zero-order chi connectivity index (χ0) is 19.9. The second-order valence-corrected chi connectivity index (χ2v) is 8.80.